The van der Waals surface area contributed by atoms with Gasteiger partial charge in [0, 0.05) is 76.0 Å². The average Bonchev–Trinajstić information content (AvgIpc) is 3.22. The van der Waals surface area contributed by atoms with E-state index in [4.69, 9.17) is 0 Å². The Morgan fingerprint density at radius 2 is 2.07 bits per heavy atom. The van der Waals surface area contributed by atoms with E-state index >= 15 is 0 Å². The van der Waals surface area contributed by atoms with Gasteiger partial charge in [-0.05, 0) is 37.0 Å². The lowest BCUT2D eigenvalue weighted by Gasteiger charge is -2.22. The highest BCUT2D eigenvalue weighted by Gasteiger charge is 2.21. The second-order valence-electron chi connectivity index (χ2n) is 8.17. The van der Waals surface area contributed by atoms with Gasteiger partial charge < -0.3 is 15.1 Å². The summed E-state index contributed by atoms with van der Waals surface area (Å²) in [5.74, 6) is 0. The Hall–Kier alpha value is -2.54. The molecule has 2 aliphatic rings. The zero-order valence-corrected chi connectivity index (χ0v) is 17.6. The summed E-state index contributed by atoms with van der Waals surface area (Å²) in [6.45, 7) is 8.51. The Morgan fingerprint density at radius 1 is 1.17 bits per heavy atom. The summed E-state index contributed by atoms with van der Waals surface area (Å²) in [5, 5.41) is 7.53. The number of urea groups is 1. The van der Waals surface area contributed by atoms with Crippen molar-refractivity contribution in [3.05, 3.63) is 41.7 Å². The maximum atomic E-state index is 12.8. The van der Waals surface area contributed by atoms with Gasteiger partial charge in [-0.15, -0.1) is 0 Å². The van der Waals surface area contributed by atoms with Gasteiger partial charge in [-0.25, -0.2) is 4.79 Å². The lowest BCUT2D eigenvalue weighted by Crippen LogP contribution is -2.38. The first kappa shape index (κ1) is 19.8. The van der Waals surface area contributed by atoms with Crippen molar-refractivity contribution in [2.45, 2.75) is 39.3 Å². The SMILES string of the molecule is CCCn1cc(CN2CCCN(C(=O)Nc3ccc4c(c3)N(C)CC4)CC2)cn1. The van der Waals surface area contributed by atoms with E-state index in [1.807, 2.05) is 21.8 Å². The Labute approximate surface area is 173 Å². The highest BCUT2D eigenvalue weighted by atomic mass is 16.2. The lowest BCUT2D eigenvalue weighted by molar-refractivity contribution is 0.211. The quantitative estimate of drug-likeness (QED) is 0.844. The van der Waals surface area contributed by atoms with Crippen molar-refractivity contribution in [1.29, 1.82) is 0 Å². The van der Waals surface area contributed by atoms with Gasteiger partial charge in [0.25, 0.3) is 0 Å². The smallest absolute Gasteiger partial charge is 0.321 e. The molecule has 1 fully saturated rings. The minimum atomic E-state index is 0.00298. The number of carbonyl (C=O) groups is 1. The Kier molecular flexibility index (Phi) is 6.04. The number of amides is 2. The molecule has 0 bridgehead atoms. The van der Waals surface area contributed by atoms with E-state index in [1.165, 1.54) is 16.8 Å². The second-order valence-corrected chi connectivity index (χ2v) is 8.17. The molecule has 3 heterocycles. The largest absolute Gasteiger partial charge is 0.374 e. The number of aryl methyl sites for hydroxylation is 1. The molecule has 2 aromatic rings. The molecule has 7 heteroatoms. The first-order valence-corrected chi connectivity index (χ1v) is 10.8. The van der Waals surface area contributed by atoms with Crippen molar-refractivity contribution < 1.29 is 4.79 Å². The summed E-state index contributed by atoms with van der Waals surface area (Å²) >= 11 is 0. The summed E-state index contributed by atoms with van der Waals surface area (Å²) in [5.41, 5.74) is 4.72. The number of hydrogen-bond acceptors (Lipinski definition) is 4. The zero-order chi connectivity index (χ0) is 20.2. The Morgan fingerprint density at radius 3 is 2.93 bits per heavy atom. The second kappa shape index (κ2) is 8.86. The topological polar surface area (TPSA) is 56.6 Å². The van der Waals surface area contributed by atoms with Crippen LogP contribution in [-0.4, -0.2) is 65.4 Å². The van der Waals surface area contributed by atoms with Crippen molar-refractivity contribution in [2.75, 3.05) is 50.0 Å². The molecule has 0 saturated carbocycles. The van der Waals surface area contributed by atoms with E-state index in [1.54, 1.807) is 0 Å². The van der Waals surface area contributed by atoms with E-state index in [9.17, 15) is 4.79 Å². The molecule has 0 spiro atoms. The molecular formula is C22H32N6O. The van der Waals surface area contributed by atoms with E-state index in [0.717, 1.165) is 70.8 Å². The van der Waals surface area contributed by atoms with E-state index in [2.05, 4.69) is 52.5 Å². The first-order chi connectivity index (χ1) is 14.1. The molecule has 1 N–H and O–H groups in total. The number of nitrogens with zero attached hydrogens (tertiary/aromatic N) is 5. The van der Waals surface area contributed by atoms with Crippen LogP contribution in [0.1, 0.15) is 30.9 Å². The monoisotopic (exact) mass is 396 g/mol. The average molecular weight is 397 g/mol. The molecule has 1 saturated heterocycles. The van der Waals surface area contributed by atoms with E-state index < -0.39 is 0 Å². The molecule has 2 amide bonds. The number of hydrogen-bond donors (Lipinski definition) is 1. The standard InChI is InChI=1S/C22H32N6O/c1-3-8-28-17-18(15-23-28)16-26-9-4-10-27(13-12-26)22(29)24-20-6-5-19-7-11-25(2)21(19)14-20/h5-6,14-15,17H,3-4,7-13,16H2,1-2H3,(H,24,29). The van der Waals surface area contributed by atoms with Crippen LogP contribution in [0.2, 0.25) is 0 Å². The van der Waals surface area contributed by atoms with Crippen molar-refractivity contribution in [3.8, 4) is 0 Å². The number of aromatic nitrogens is 2. The molecule has 0 aliphatic carbocycles. The Balaban J connectivity index is 1.31. The summed E-state index contributed by atoms with van der Waals surface area (Å²) < 4.78 is 2.01. The molecule has 2 aliphatic heterocycles. The maximum absolute atomic E-state index is 12.8. The van der Waals surface area contributed by atoms with Crippen LogP contribution in [0.5, 0.6) is 0 Å². The highest BCUT2D eigenvalue weighted by Crippen LogP contribution is 2.29. The summed E-state index contributed by atoms with van der Waals surface area (Å²) in [6, 6.07) is 6.26. The van der Waals surface area contributed by atoms with Gasteiger partial charge >= 0.3 is 6.03 Å². The number of rotatable bonds is 5. The number of fused-ring (bicyclic) bond motifs is 1. The molecule has 0 radical (unpaired) electrons. The van der Waals surface area contributed by atoms with Gasteiger partial charge in [0.2, 0.25) is 0 Å². The molecule has 1 aromatic carbocycles. The fraction of sp³-hybridized carbons (Fsp3) is 0.545. The third-order valence-corrected chi connectivity index (χ3v) is 5.89. The molecule has 0 unspecified atom stereocenters. The molecule has 29 heavy (non-hydrogen) atoms. The van der Waals surface area contributed by atoms with Crippen molar-refractivity contribution in [1.82, 2.24) is 19.6 Å². The van der Waals surface area contributed by atoms with Crippen molar-refractivity contribution in [2.24, 2.45) is 0 Å². The van der Waals surface area contributed by atoms with Crippen LogP contribution < -0.4 is 10.2 Å². The number of benzene rings is 1. The molecule has 156 valence electrons. The van der Waals surface area contributed by atoms with Gasteiger partial charge in [-0.3, -0.25) is 9.58 Å². The van der Waals surface area contributed by atoms with Gasteiger partial charge in [-0.2, -0.15) is 5.10 Å². The van der Waals surface area contributed by atoms with Crippen LogP contribution in [-0.2, 0) is 19.5 Å². The summed E-state index contributed by atoms with van der Waals surface area (Å²) in [7, 11) is 2.10. The predicted octanol–water partition coefficient (Wildman–Crippen LogP) is 3.03. The predicted molar refractivity (Wildman–Crippen MR) is 116 cm³/mol. The van der Waals surface area contributed by atoms with Crippen LogP contribution in [0.4, 0.5) is 16.2 Å². The number of nitrogens with one attached hydrogen (secondary N) is 1. The van der Waals surface area contributed by atoms with Gasteiger partial charge in [0.1, 0.15) is 0 Å². The third kappa shape index (κ3) is 4.72. The van der Waals surface area contributed by atoms with Crippen LogP contribution in [0.3, 0.4) is 0 Å². The molecular weight excluding hydrogens is 364 g/mol. The molecule has 1 aromatic heterocycles. The lowest BCUT2D eigenvalue weighted by atomic mass is 10.1. The normalized spacial score (nSPS) is 17.3. The fourth-order valence-electron chi connectivity index (χ4n) is 4.25. The fourth-order valence-corrected chi connectivity index (χ4v) is 4.25. The highest BCUT2D eigenvalue weighted by molar-refractivity contribution is 5.90. The van der Waals surface area contributed by atoms with Gasteiger partial charge in [0.15, 0.2) is 0 Å². The first-order valence-electron chi connectivity index (χ1n) is 10.8. The maximum Gasteiger partial charge on any atom is 0.321 e. The van der Waals surface area contributed by atoms with Gasteiger partial charge in [-0.1, -0.05) is 13.0 Å². The molecule has 7 nitrogen and oxygen atoms in total. The van der Waals surface area contributed by atoms with Gasteiger partial charge in [0.05, 0.1) is 6.20 Å². The van der Waals surface area contributed by atoms with Crippen molar-refractivity contribution >= 4 is 17.4 Å². The summed E-state index contributed by atoms with van der Waals surface area (Å²) in [6.07, 6.45) is 7.28. The van der Waals surface area contributed by atoms with Crippen LogP contribution in [0.25, 0.3) is 0 Å². The number of carbonyl (C=O) groups excluding carboxylic acids is 1. The van der Waals surface area contributed by atoms with E-state index in [-0.39, 0.29) is 6.03 Å². The zero-order valence-electron chi connectivity index (χ0n) is 17.6. The van der Waals surface area contributed by atoms with Crippen molar-refractivity contribution in [3.63, 3.8) is 0 Å². The number of anilines is 2. The minimum absolute atomic E-state index is 0.00298. The van der Waals surface area contributed by atoms with E-state index in [0.29, 0.717) is 0 Å². The minimum Gasteiger partial charge on any atom is -0.374 e. The van der Waals surface area contributed by atoms with Crippen LogP contribution >= 0.6 is 0 Å². The Bertz CT molecular complexity index is 848. The number of likely N-dealkylation sites (N-methyl/N-ethyl adjacent to an activating group) is 1. The third-order valence-electron chi connectivity index (χ3n) is 5.89. The van der Waals surface area contributed by atoms with Crippen LogP contribution in [0, 0.1) is 0 Å². The summed E-state index contributed by atoms with van der Waals surface area (Å²) in [4.78, 5) is 19.4. The van der Waals surface area contributed by atoms with Crippen LogP contribution in [0.15, 0.2) is 30.6 Å². The molecule has 0 atom stereocenters. The molecule has 4 rings (SSSR count).